The third kappa shape index (κ3) is 7.05. The van der Waals surface area contributed by atoms with E-state index in [0.717, 1.165) is 21.9 Å². The molecule has 61 heavy (non-hydrogen) atoms. The van der Waals surface area contributed by atoms with Crippen molar-refractivity contribution in [1.29, 1.82) is 0 Å². The second-order valence-electron chi connectivity index (χ2n) is 17.4. The number of rotatable bonds is 4. The number of benzene rings is 4. The van der Waals surface area contributed by atoms with Crippen LogP contribution in [0.1, 0.15) is 61.8 Å². The Hall–Kier alpha value is -5.32. The normalized spacial score (nSPS) is 22.7. The maximum absolute atomic E-state index is 13.3. The molecule has 0 aliphatic carbocycles. The lowest BCUT2D eigenvalue weighted by Gasteiger charge is -2.41. The third-order valence-electron chi connectivity index (χ3n) is 12.7. The Morgan fingerprint density at radius 2 is 0.869 bits per heavy atom. The fourth-order valence-electron chi connectivity index (χ4n) is 9.45. The molecule has 4 aliphatic rings. The van der Waals surface area contributed by atoms with Crippen LogP contribution in [0.25, 0.3) is 21.9 Å². The van der Waals surface area contributed by atoms with Gasteiger partial charge in [0.2, 0.25) is 20.0 Å². The topological polar surface area (TPSA) is 185 Å². The summed E-state index contributed by atoms with van der Waals surface area (Å²) >= 11 is 0. The van der Waals surface area contributed by atoms with Gasteiger partial charge in [0, 0.05) is 49.9 Å². The molecule has 0 bridgehead atoms. The molecule has 15 heteroatoms. The second kappa shape index (κ2) is 14.9. The van der Waals surface area contributed by atoms with Crippen LogP contribution >= 0.6 is 0 Å². The van der Waals surface area contributed by atoms with Gasteiger partial charge >= 0.3 is 11.3 Å². The maximum atomic E-state index is 13.3. The smallest absolute Gasteiger partial charge is 0.343 e. The van der Waals surface area contributed by atoms with Crippen LogP contribution in [0.15, 0.2) is 125 Å². The predicted molar refractivity (Wildman–Crippen MR) is 230 cm³/mol. The van der Waals surface area contributed by atoms with Crippen molar-refractivity contribution in [3.8, 4) is 11.5 Å². The predicted octanol–water partition coefficient (Wildman–Crippen LogP) is 6.53. The van der Waals surface area contributed by atoms with Gasteiger partial charge in [-0.2, -0.15) is 8.61 Å². The highest BCUT2D eigenvalue weighted by Gasteiger charge is 2.54. The SMILES string of the molecule is Cc1ccc(S(=O)(=O)N2C[C@H]3c4c(c5ccccc5oc4=O)OC(C)(C)[C@H]3C2)cc1.Cc1ccc(S(=O)(=O)N2C[C@H]3c4c(c5ccccc5oc4=O)OC(C)(C)[C@H]3C2)cc1.O. The van der Waals surface area contributed by atoms with Gasteiger partial charge in [-0.15, -0.1) is 0 Å². The Labute approximate surface area is 353 Å². The molecule has 0 spiro atoms. The summed E-state index contributed by atoms with van der Waals surface area (Å²) in [4.78, 5) is 26.3. The minimum Gasteiger partial charge on any atom is -0.486 e. The summed E-state index contributed by atoms with van der Waals surface area (Å²) in [6, 6.07) is 28.2. The zero-order valence-corrected chi connectivity index (χ0v) is 36.3. The van der Waals surface area contributed by atoms with E-state index >= 15 is 0 Å². The Bertz CT molecular complexity index is 2820. The summed E-state index contributed by atoms with van der Waals surface area (Å²) in [6.45, 7) is 12.7. The second-order valence-corrected chi connectivity index (χ2v) is 21.2. The van der Waals surface area contributed by atoms with Crippen LogP contribution in [0, 0.1) is 25.7 Å². The quantitative estimate of drug-likeness (QED) is 0.177. The summed E-state index contributed by atoms with van der Waals surface area (Å²) in [5.74, 6) is 0.142. The van der Waals surface area contributed by atoms with Crippen molar-refractivity contribution in [3.05, 3.63) is 140 Å². The molecule has 4 aromatic carbocycles. The maximum Gasteiger partial charge on any atom is 0.343 e. The van der Waals surface area contributed by atoms with E-state index in [-0.39, 0.29) is 52.0 Å². The van der Waals surface area contributed by atoms with Crippen LogP contribution in [0.4, 0.5) is 0 Å². The van der Waals surface area contributed by atoms with Crippen molar-refractivity contribution >= 4 is 42.0 Å². The summed E-state index contributed by atoms with van der Waals surface area (Å²) < 4.78 is 79.9. The first-order valence-corrected chi connectivity index (χ1v) is 22.9. The minimum absolute atomic E-state index is 0. The zero-order valence-electron chi connectivity index (χ0n) is 34.7. The van der Waals surface area contributed by atoms with E-state index in [1.807, 2.05) is 65.8 Å². The summed E-state index contributed by atoms with van der Waals surface area (Å²) in [5.41, 5.74) is 1.65. The molecule has 2 fully saturated rings. The van der Waals surface area contributed by atoms with E-state index in [1.165, 1.54) is 8.61 Å². The van der Waals surface area contributed by atoms with Gasteiger partial charge in [-0.3, -0.25) is 0 Å². The number of fused-ring (bicyclic) bond motifs is 10. The Kier molecular flexibility index (Phi) is 10.4. The van der Waals surface area contributed by atoms with Crippen LogP contribution in [-0.2, 0) is 20.0 Å². The van der Waals surface area contributed by atoms with Crippen LogP contribution in [0.3, 0.4) is 0 Å². The fraction of sp³-hybridized carbons (Fsp3) is 0.348. The van der Waals surface area contributed by atoms with Gasteiger partial charge in [0.05, 0.1) is 31.7 Å². The number of para-hydroxylation sites is 2. The lowest BCUT2D eigenvalue weighted by molar-refractivity contribution is 0.0255. The van der Waals surface area contributed by atoms with Gasteiger partial charge in [0.15, 0.2) is 0 Å². The molecule has 0 unspecified atom stereocenters. The Balaban J connectivity index is 0.000000166. The first-order chi connectivity index (χ1) is 28.4. The highest BCUT2D eigenvalue weighted by Crippen LogP contribution is 2.52. The van der Waals surface area contributed by atoms with E-state index < -0.39 is 42.5 Å². The Morgan fingerprint density at radius 3 is 1.23 bits per heavy atom. The van der Waals surface area contributed by atoms with Gasteiger partial charge in [-0.05, 0) is 90.1 Å². The highest BCUT2D eigenvalue weighted by molar-refractivity contribution is 7.89. The van der Waals surface area contributed by atoms with Crippen LogP contribution < -0.4 is 20.7 Å². The van der Waals surface area contributed by atoms with Crippen molar-refractivity contribution < 1.29 is 40.6 Å². The molecule has 6 aromatic rings. The van der Waals surface area contributed by atoms with Gasteiger partial charge < -0.3 is 23.8 Å². The molecule has 0 radical (unpaired) electrons. The van der Waals surface area contributed by atoms with E-state index in [1.54, 1.807) is 72.8 Å². The van der Waals surface area contributed by atoms with Crippen molar-refractivity contribution in [2.45, 2.75) is 74.4 Å². The molecule has 2 saturated heterocycles. The molecule has 4 atom stereocenters. The fourth-order valence-corrected chi connectivity index (χ4v) is 12.4. The average Bonchev–Trinajstić information content (AvgIpc) is 3.87. The van der Waals surface area contributed by atoms with Gasteiger partial charge in [0.1, 0.15) is 33.9 Å². The van der Waals surface area contributed by atoms with Crippen LogP contribution in [0.2, 0.25) is 0 Å². The number of ether oxygens (including phenoxy) is 2. The average molecular weight is 869 g/mol. The molecule has 320 valence electrons. The lowest BCUT2D eigenvalue weighted by atomic mass is 9.76. The van der Waals surface area contributed by atoms with E-state index in [4.69, 9.17) is 18.3 Å². The number of aryl methyl sites for hydroxylation is 2. The Morgan fingerprint density at radius 1 is 0.525 bits per heavy atom. The molecule has 13 nitrogen and oxygen atoms in total. The first kappa shape index (κ1) is 42.4. The molecule has 2 aromatic heterocycles. The highest BCUT2D eigenvalue weighted by atomic mass is 32.2. The van der Waals surface area contributed by atoms with Gasteiger partial charge in [0.25, 0.3) is 0 Å². The molecule has 10 rings (SSSR count). The van der Waals surface area contributed by atoms with E-state index in [0.29, 0.717) is 46.9 Å². The van der Waals surface area contributed by atoms with Crippen molar-refractivity contribution in [2.24, 2.45) is 11.8 Å². The zero-order chi connectivity index (χ0) is 42.5. The molecular formula is C46H48N2O11S2. The first-order valence-electron chi connectivity index (χ1n) is 20.0. The molecule has 6 heterocycles. The molecule has 0 saturated carbocycles. The lowest BCUT2D eigenvalue weighted by Crippen LogP contribution is -2.46. The molecular weight excluding hydrogens is 821 g/mol. The molecule has 2 N–H and O–H groups in total. The minimum atomic E-state index is -3.68. The molecule has 4 aliphatic heterocycles. The van der Waals surface area contributed by atoms with Crippen molar-refractivity contribution in [3.63, 3.8) is 0 Å². The summed E-state index contributed by atoms with van der Waals surface area (Å²) in [6.07, 6.45) is 0. The molecule has 0 amide bonds. The standard InChI is InChI=1S/2C23H23NO5S.H2O/c2*1-14-8-10-15(11-9-14)30(26,27)24-12-17-18(13-24)23(2,3)29-21-16-6-4-5-7-19(16)28-22(25)20(17)21;/h2*4-11,17-18H,12-13H2,1-3H3;1H2/t2*17-,18+;/m11./s1. The van der Waals surface area contributed by atoms with E-state index in [9.17, 15) is 26.4 Å². The number of nitrogens with zero attached hydrogens (tertiary/aromatic N) is 2. The van der Waals surface area contributed by atoms with Crippen LogP contribution in [0.5, 0.6) is 11.5 Å². The number of hydrogen-bond acceptors (Lipinski definition) is 10. The largest absolute Gasteiger partial charge is 0.486 e. The van der Waals surface area contributed by atoms with Crippen LogP contribution in [-0.4, -0.2) is 68.3 Å². The number of sulfonamides is 2. The summed E-state index contributed by atoms with van der Waals surface area (Å²) in [5, 5.41) is 1.47. The summed E-state index contributed by atoms with van der Waals surface area (Å²) in [7, 11) is -7.35. The number of hydrogen-bond donors (Lipinski definition) is 0. The van der Waals surface area contributed by atoms with Crippen molar-refractivity contribution in [2.75, 3.05) is 26.2 Å². The third-order valence-corrected chi connectivity index (χ3v) is 16.4. The monoisotopic (exact) mass is 868 g/mol. The van der Waals surface area contributed by atoms with Gasteiger partial charge in [-0.1, -0.05) is 59.7 Å². The van der Waals surface area contributed by atoms with Crippen molar-refractivity contribution in [1.82, 2.24) is 8.61 Å². The van der Waals surface area contributed by atoms with E-state index in [2.05, 4.69) is 0 Å². The van der Waals surface area contributed by atoms with Gasteiger partial charge in [-0.25, -0.2) is 26.4 Å².